The molecule has 1 saturated heterocycles. The zero-order valence-corrected chi connectivity index (χ0v) is 19.1. The van der Waals surface area contributed by atoms with Crippen molar-refractivity contribution in [3.05, 3.63) is 53.1 Å². The first-order valence-corrected chi connectivity index (χ1v) is 12.4. The third kappa shape index (κ3) is 4.62. The number of fused-ring (bicyclic) bond motifs is 1. The van der Waals surface area contributed by atoms with Crippen LogP contribution in [0.1, 0.15) is 42.4 Å². The Morgan fingerprint density at radius 2 is 1.77 bits per heavy atom. The molecule has 0 radical (unpaired) electrons. The maximum Gasteiger partial charge on any atom is 0.243 e. The summed E-state index contributed by atoms with van der Waals surface area (Å²) in [5.41, 5.74) is 3.97. The zero-order chi connectivity index (χ0) is 22.0. The number of anilines is 1. The van der Waals surface area contributed by atoms with Crippen molar-refractivity contribution in [1.29, 1.82) is 0 Å². The summed E-state index contributed by atoms with van der Waals surface area (Å²) in [6.07, 6.45) is 3.86. The van der Waals surface area contributed by atoms with E-state index < -0.39 is 10.0 Å². The number of nitrogens with zero attached hydrogens (tertiary/aromatic N) is 2. The van der Waals surface area contributed by atoms with Gasteiger partial charge in [-0.15, -0.1) is 0 Å². The van der Waals surface area contributed by atoms with Crippen molar-refractivity contribution in [3.8, 4) is 5.75 Å². The average Bonchev–Trinajstić information content (AvgIpc) is 3.19. The first-order valence-electron chi connectivity index (χ1n) is 11.0. The Labute approximate surface area is 184 Å². The summed E-state index contributed by atoms with van der Waals surface area (Å²) in [5.74, 6) is 0.794. The van der Waals surface area contributed by atoms with Gasteiger partial charge in [-0.05, 0) is 68.5 Å². The third-order valence-corrected chi connectivity index (χ3v) is 8.00. The summed E-state index contributed by atoms with van der Waals surface area (Å²) in [4.78, 5) is 14.9. The second kappa shape index (κ2) is 9.01. The zero-order valence-electron chi connectivity index (χ0n) is 18.3. The number of carbonyl (C=O) groups is 1. The van der Waals surface area contributed by atoms with Gasteiger partial charge < -0.3 is 9.64 Å². The minimum atomic E-state index is -3.46. The molecule has 7 heteroatoms. The smallest absolute Gasteiger partial charge is 0.243 e. The molecule has 1 fully saturated rings. The van der Waals surface area contributed by atoms with E-state index in [1.165, 1.54) is 5.56 Å². The maximum absolute atomic E-state index is 13.0. The minimum Gasteiger partial charge on any atom is -0.493 e. The van der Waals surface area contributed by atoms with E-state index in [0.717, 1.165) is 41.8 Å². The lowest BCUT2D eigenvalue weighted by Crippen LogP contribution is -2.35. The van der Waals surface area contributed by atoms with Crippen LogP contribution in [-0.2, 0) is 21.2 Å². The number of carbonyl (C=O) groups excluding carboxylic acids is 1. The SMILES string of the molecule is Cc1ccc(OCCC(=O)N2CCc3cc(S(=O)(=O)N4CCCCC4)ccc32)c(C)c1. The van der Waals surface area contributed by atoms with Crippen LogP contribution in [-0.4, -0.2) is 44.9 Å². The minimum absolute atomic E-state index is 0.00449. The summed E-state index contributed by atoms with van der Waals surface area (Å²) < 4.78 is 33.3. The van der Waals surface area contributed by atoms with E-state index in [1.54, 1.807) is 27.4 Å². The van der Waals surface area contributed by atoms with E-state index in [0.29, 0.717) is 37.6 Å². The molecule has 0 N–H and O–H groups in total. The number of hydrogen-bond donors (Lipinski definition) is 0. The van der Waals surface area contributed by atoms with Crippen LogP contribution >= 0.6 is 0 Å². The summed E-state index contributed by atoms with van der Waals surface area (Å²) in [7, 11) is -3.46. The van der Waals surface area contributed by atoms with Crippen LogP contribution in [0.3, 0.4) is 0 Å². The molecule has 1 amide bonds. The molecule has 2 heterocycles. The molecule has 0 saturated carbocycles. The Morgan fingerprint density at radius 3 is 2.52 bits per heavy atom. The maximum atomic E-state index is 13.0. The molecule has 6 nitrogen and oxygen atoms in total. The number of aryl methyl sites for hydroxylation is 2. The monoisotopic (exact) mass is 442 g/mol. The van der Waals surface area contributed by atoms with Crippen molar-refractivity contribution in [2.75, 3.05) is 31.1 Å². The Morgan fingerprint density at radius 1 is 1.00 bits per heavy atom. The van der Waals surface area contributed by atoms with Gasteiger partial charge in [0.1, 0.15) is 5.75 Å². The van der Waals surface area contributed by atoms with Crippen molar-refractivity contribution in [3.63, 3.8) is 0 Å². The van der Waals surface area contributed by atoms with Gasteiger partial charge in [0.2, 0.25) is 15.9 Å². The standard InChI is InChI=1S/C24H30N2O4S/c1-18-6-9-23(19(2)16-18)30-15-11-24(27)26-14-10-20-17-21(7-8-22(20)26)31(28,29)25-12-4-3-5-13-25/h6-9,16-17H,3-5,10-15H2,1-2H3. The van der Waals surface area contributed by atoms with E-state index in [-0.39, 0.29) is 12.3 Å². The largest absolute Gasteiger partial charge is 0.493 e. The van der Waals surface area contributed by atoms with Crippen LogP contribution in [0.2, 0.25) is 0 Å². The molecule has 4 rings (SSSR count). The fourth-order valence-electron chi connectivity index (χ4n) is 4.40. The Kier molecular flexibility index (Phi) is 6.34. The van der Waals surface area contributed by atoms with Gasteiger partial charge in [-0.1, -0.05) is 24.1 Å². The molecule has 31 heavy (non-hydrogen) atoms. The fraction of sp³-hybridized carbons (Fsp3) is 0.458. The lowest BCUT2D eigenvalue weighted by molar-refractivity contribution is -0.119. The Balaban J connectivity index is 1.40. The quantitative estimate of drug-likeness (QED) is 0.682. The van der Waals surface area contributed by atoms with Gasteiger partial charge in [-0.25, -0.2) is 8.42 Å². The fourth-order valence-corrected chi connectivity index (χ4v) is 5.96. The first-order chi connectivity index (χ1) is 14.9. The van der Waals surface area contributed by atoms with Crippen molar-refractivity contribution in [2.45, 2.75) is 50.8 Å². The molecule has 0 aromatic heterocycles. The topological polar surface area (TPSA) is 66.9 Å². The second-order valence-corrected chi connectivity index (χ2v) is 10.4. The normalized spacial score (nSPS) is 16.9. The predicted molar refractivity (Wildman–Crippen MR) is 121 cm³/mol. The van der Waals surface area contributed by atoms with Gasteiger partial charge in [0.05, 0.1) is 17.9 Å². The van der Waals surface area contributed by atoms with Gasteiger partial charge in [-0.2, -0.15) is 4.31 Å². The van der Waals surface area contributed by atoms with Crippen LogP contribution in [0.4, 0.5) is 5.69 Å². The highest BCUT2D eigenvalue weighted by Gasteiger charge is 2.30. The highest BCUT2D eigenvalue weighted by atomic mass is 32.2. The van der Waals surface area contributed by atoms with Crippen molar-refractivity contribution < 1.29 is 17.9 Å². The van der Waals surface area contributed by atoms with E-state index in [2.05, 4.69) is 6.07 Å². The lowest BCUT2D eigenvalue weighted by Gasteiger charge is -2.26. The third-order valence-electron chi connectivity index (χ3n) is 6.10. The number of rotatable bonds is 6. The van der Waals surface area contributed by atoms with Crippen LogP contribution in [0.25, 0.3) is 0 Å². The van der Waals surface area contributed by atoms with Crippen molar-refractivity contribution in [2.24, 2.45) is 0 Å². The number of ether oxygens (including phenoxy) is 1. The number of amides is 1. The lowest BCUT2D eigenvalue weighted by atomic mass is 10.1. The van der Waals surface area contributed by atoms with Gasteiger partial charge >= 0.3 is 0 Å². The molecular formula is C24H30N2O4S. The molecule has 166 valence electrons. The number of sulfonamides is 1. The van der Waals surface area contributed by atoms with Crippen molar-refractivity contribution >= 4 is 21.6 Å². The molecule has 2 aromatic rings. The average molecular weight is 443 g/mol. The number of piperidine rings is 1. The Hall–Kier alpha value is -2.38. The van der Waals surface area contributed by atoms with Crippen LogP contribution in [0.5, 0.6) is 5.75 Å². The first kappa shape index (κ1) is 21.8. The molecule has 0 aliphatic carbocycles. The van der Waals surface area contributed by atoms with Crippen LogP contribution in [0.15, 0.2) is 41.3 Å². The predicted octanol–water partition coefficient (Wildman–Crippen LogP) is 3.84. The second-order valence-electron chi connectivity index (χ2n) is 8.42. The van der Waals surface area contributed by atoms with Gasteiger partial charge in [-0.3, -0.25) is 4.79 Å². The molecular weight excluding hydrogens is 412 g/mol. The molecule has 0 spiro atoms. The summed E-state index contributed by atoms with van der Waals surface area (Å²) in [6, 6.07) is 11.2. The molecule has 2 aromatic carbocycles. The summed E-state index contributed by atoms with van der Waals surface area (Å²) >= 11 is 0. The highest BCUT2D eigenvalue weighted by molar-refractivity contribution is 7.89. The number of hydrogen-bond acceptors (Lipinski definition) is 4. The molecule has 2 aliphatic heterocycles. The molecule has 2 aliphatic rings. The highest BCUT2D eigenvalue weighted by Crippen LogP contribution is 2.32. The van der Waals surface area contributed by atoms with Crippen LogP contribution < -0.4 is 9.64 Å². The molecule has 0 unspecified atom stereocenters. The molecule has 0 atom stereocenters. The van der Waals surface area contributed by atoms with Crippen LogP contribution in [0, 0.1) is 13.8 Å². The van der Waals surface area contributed by atoms with Gasteiger partial charge in [0.15, 0.2) is 0 Å². The number of benzene rings is 2. The Bertz CT molecular complexity index is 1070. The van der Waals surface area contributed by atoms with E-state index >= 15 is 0 Å². The van der Waals surface area contributed by atoms with Gasteiger partial charge in [0.25, 0.3) is 0 Å². The van der Waals surface area contributed by atoms with E-state index in [1.807, 2.05) is 26.0 Å². The summed E-state index contributed by atoms with van der Waals surface area (Å²) in [5, 5.41) is 0. The van der Waals surface area contributed by atoms with Gasteiger partial charge in [0, 0.05) is 25.3 Å². The molecule has 0 bridgehead atoms. The van der Waals surface area contributed by atoms with Crippen molar-refractivity contribution in [1.82, 2.24) is 4.31 Å². The van der Waals surface area contributed by atoms with E-state index in [4.69, 9.17) is 4.74 Å². The van der Waals surface area contributed by atoms with E-state index in [9.17, 15) is 13.2 Å². The summed E-state index contributed by atoms with van der Waals surface area (Å²) in [6.45, 7) is 6.10.